The lowest BCUT2D eigenvalue weighted by Crippen LogP contribution is -2.07. The fraction of sp³-hybridized carbons (Fsp3) is 0.125. The Labute approximate surface area is 87.8 Å². The summed E-state index contributed by atoms with van der Waals surface area (Å²) in [5, 5.41) is 8.83. The maximum Gasteiger partial charge on any atom is 0.342 e. The Kier molecular flexibility index (Phi) is 3.19. The van der Waals surface area contributed by atoms with Crippen LogP contribution in [-0.4, -0.2) is 29.5 Å². The second-order valence-electron chi connectivity index (χ2n) is 2.33. The van der Waals surface area contributed by atoms with E-state index in [1.165, 1.54) is 13.3 Å². The molecule has 14 heavy (non-hydrogen) atoms. The summed E-state index contributed by atoms with van der Waals surface area (Å²) in [5.41, 5.74) is -0.221. The molecule has 1 heterocycles. The van der Waals surface area contributed by atoms with E-state index in [1.54, 1.807) is 0 Å². The van der Waals surface area contributed by atoms with Gasteiger partial charge >= 0.3 is 5.97 Å². The maximum absolute atomic E-state index is 10.8. The van der Waals surface area contributed by atoms with Crippen molar-refractivity contribution in [2.45, 2.75) is 0 Å². The first-order chi connectivity index (χ1) is 6.61. The number of carbonyl (C=O) groups excluding carboxylic acids is 1. The van der Waals surface area contributed by atoms with Gasteiger partial charge in [0.1, 0.15) is 5.56 Å². The fourth-order valence-electron chi connectivity index (χ4n) is 0.961. The Morgan fingerprint density at radius 1 is 1.71 bits per heavy atom. The monoisotopic (exact) mass is 259 g/mol. The predicted octanol–water partition coefficient (Wildman–Crippen LogP) is 1.36. The molecular weight excluding hydrogens is 254 g/mol. The molecule has 5 nitrogen and oxygen atoms in total. The molecule has 0 saturated carbocycles. The van der Waals surface area contributed by atoms with Crippen LogP contribution in [0.4, 0.5) is 0 Å². The number of ether oxygens (including phenoxy) is 1. The highest BCUT2D eigenvalue weighted by molar-refractivity contribution is 9.10. The average Bonchev–Trinajstić information content (AvgIpc) is 2.17. The number of carboxylic acid groups (broad SMARTS) is 1. The normalized spacial score (nSPS) is 9.57. The first-order valence-corrected chi connectivity index (χ1v) is 4.32. The molecule has 0 saturated heterocycles. The molecule has 0 fully saturated rings. The number of aldehydes is 1. The molecule has 1 rings (SSSR count). The number of methoxy groups -OCH3 is 1. The smallest absolute Gasteiger partial charge is 0.342 e. The third kappa shape index (κ3) is 1.74. The number of hydrogen-bond acceptors (Lipinski definition) is 4. The van der Waals surface area contributed by atoms with E-state index < -0.39 is 5.97 Å². The molecule has 0 radical (unpaired) electrons. The van der Waals surface area contributed by atoms with Gasteiger partial charge in [-0.15, -0.1) is 0 Å². The number of aromatic nitrogens is 1. The highest BCUT2D eigenvalue weighted by atomic mass is 79.9. The molecule has 1 aromatic rings. The van der Waals surface area contributed by atoms with E-state index in [9.17, 15) is 9.59 Å². The second kappa shape index (κ2) is 4.19. The second-order valence-corrected chi connectivity index (χ2v) is 3.18. The van der Waals surface area contributed by atoms with Crippen LogP contribution in [0.3, 0.4) is 0 Å². The SMILES string of the molecule is COc1ncc(Br)c(C=O)c1C(=O)O. The Hall–Kier alpha value is -1.43. The Morgan fingerprint density at radius 2 is 2.36 bits per heavy atom. The van der Waals surface area contributed by atoms with Crippen LogP contribution in [0.5, 0.6) is 5.88 Å². The van der Waals surface area contributed by atoms with Gasteiger partial charge in [0.05, 0.1) is 12.7 Å². The van der Waals surface area contributed by atoms with E-state index in [-0.39, 0.29) is 17.0 Å². The number of pyridine rings is 1. The van der Waals surface area contributed by atoms with Crippen LogP contribution in [0.15, 0.2) is 10.7 Å². The van der Waals surface area contributed by atoms with Gasteiger partial charge in [0.2, 0.25) is 5.88 Å². The van der Waals surface area contributed by atoms with Gasteiger partial charge < -0.3 is 9.84 Å². The quantitative estimate of drug-likeness (QED) is 0.830. The topological polar surface area (TPSA) is 76.5 Å². The molecule has 0 atom stereocenters. The van der Waals surface area contributed by atoms with Crippen molar-refractivity contribution < 1.29 is 19.4 Å². The number of halogens is 1. The van der Waals surface area contributed by atoms with Crippen LogP contribution >= 0.6 is 15.9 Å². The minimum absolute atomic E-state index is 0.0179. The van der Waals surface area contributed by atoms with Crippen molar-refractivity contribution in [3.63, 3.8) is 0 Å². The standard InChI is InChI=1S/C8H6BrNO4/c1-14-7-6(8(12)13)4(3-11)5(9)2-10-7/h2-3H,1H3,(H,12,13). The zero-order chi connectivity index (χ0) is 10.7. The van der Waals surface area contributed by atoms with Gasteiger partial charge in [-0.3, -0.25) is 4.79 Å². The van der Waals surface area contributed by atoms with Crippen LogP contribution < -0.4 is 4.74 Å². The summed E-state index contributed by atoms with van der Waals surface area (Å²) in [6.07, 6.45) is 1.76. The van der Waals surface area contributed by atoms with E-state index in [2.05, 4.69) is 20.9 Å². The van der Waals surface area contributed by atoms with Gasteiger partial charge in [0.25, 0.3) is 0 Å². The van der Waals surface area contributed by atoms with Crippen molar-refractivity contribution in [1.82, 2.24) is 4.98 Å². The number of rotatable bonds is 3. The number of nitrogens with zero attached hydrogens (tertiary/aromatic N) is 1. The van der Waals surface area contributed by atoms with Crippen LogP contribution in [0.2, 0.25) is 0 Å². The lowest BCUT2D eigenvalue weighted by Gasteiger charge is -2.06. The third-order valence-electron chi connectivity index (χ3n) is 1.56. The Bertz CT molecular complexity index is 391. The van der Waals surface area contributed by atoms with Crippen molar-refractivity contribution in [2.24, 2.45) is 0 Å². The van der Waals surface area contributed by atoms with Crippen LogP contribution in [0.1, 0.15) is 20.7 Å². The zero-order valence-corrected chi connectivity index (χ0v) is 8.74. The maximum atomic E-state index is 10.8. The van der Waals surface area contributed by atoms with Gasteiger partial charge in [-0.1, -0.05) is 0 Å². The fourth-order valence-corrected chi connectivity index (χ4v) is 1.35. The van der Waals surface area contributed by atoms with E-state index >= 15 is 0 Å². The molecule has 1 aromatic heterocycles. The lowest BCUT2D eigenvalue weighted by molar-refractivity contribution is 0.0689. The molecule has 74 valence electrons. The summed E-state index contributed by atoms with van der Waals surface area (Å²) in [6.45, 7) is 0. The predicted molar refractivity (Wildman–Crippen MR) is 50.8 cm³/mol. The molecule has 0 unspecified atom stereocenters. The molecule has 0 amide bonds. The summed E-state index contributed by atoms with van der Waals surface area (Å²) in [6, 6.07) is 0. The summed E-state index contributed by atoms with van der Waals surface area (Å²) in [5.74, 6) is -1.33. The van der Waals surface area contributed by atoms with E-state index in [0.29, 0.717) is 10.8 Å². The summed E-state index contributed by atoms with van der Waals surface area (Å²) >= 11 is 3.03. The van der Waals surface area contributed by atoms with Gasteiger partial charge in [0.15, 0.2) is 6.29 Å². The Balaban J connectivity index is 3.51. The van der Waals surface area contributed by atoms with Gasteiger partial charge in [-0.25, -0.2) is 9.78 Å². The first-order valence-electron chi connectivity index (χ1n) is 3.52. The summed E-state index contributed by atoms with van der Waals surface area (Å²) in [7, 11) is 1.29. The molecule has 0 spiro atoms. The molecular formula is C8H6BrNO4. The summed E-state index contributed by atoms with van der Waals surface area (Å²) < 4.78 is 5.06. The number of carboxylic acids is 1. The molecule has 0 aliphatic heterocycles. The van der Waals surface area contributed by atoms with Gasteiger partial charge in [-0.05, 0) is 15.9 Å². The van der Waals surface area contributed by atoms with Crippen LogP contribution in [-0.2, 0) is 0 Å². The number of carbonyl (C=O) groups is 2. The highest BCUT2D eigenvalue weighted by Gasteiger charge is 2.19. The third-order valence-corrected chi connectivity index (χ3v) is 2.19. The molecule has 1 N–H and O–H groups in total. The minimum atomic E-state index is -1.25. The summed E-state index contributed by atoms with van der Waals surface area (Å²) in [4.78, 5) is 25.2. The van der Waals surface area contributed by atoms with Crippen LogP contribution in [0, 0.1) is 0 Å². The minimum Gasteiger partial charge on any atom is -0.480 e. The number of hydrogen-bond donors (Lipinski definition) is 1. The average molecular weight is 260 g/mol. The van der Waals surface area contributed by atoms with Crippen molar-refractivity contribution in [3.8, 4) is 5.88 Å². The van der Waals surface area contributed by atoms with E-state index in [1.807, 2.05) is 0 Å². The van der Waals surface area contributed by atoms with Crippen molar-refractivity contribution in [3.05, 3.63) is 21.8 Å². The van der Waals surface area contributed by atoms with Crippen LogP contribution in [0.25, 0.3) is 0 Å². The molecule has 0 aliphatic rings. The van der Waals surface area contributed by atoms with Crippen molar-refractivity contribution in [2.75, 3.05) is 7.11 Å². The molecule has 0 bridgehead atoms. The molecule has 0 aliphatic carbocycles. The van der Waals surface area contributed by atoms with E-state index in [0.717, 1.165) is 0 Å². The highest BCUT2D eigenvalue weighted by Crippen LogP contribution is 2.24. The molecule has 0 aromatic carbocycles. The Morgan fingerprint density at radius 3 is 2.79 bits per heavy atom. The van der Waals surface area contributed by atoms with Crippen molar-refractivity contribution in [1.29, 1.82) is 0 Å². The molecule has 6 heteroatoms. The van der Waals surface area contributed by atoms with Gasteiger partial charge in [0, 0.05) is 10.7 Å². The van der Waals surface area contributed by atoms with E-state index in [4.69, 9.17) is 9.84 Å². The largest absolute Gasteiger partial charge is 0.480 e. The lowest BCUT2D eigenvalue weighted by atomic mass is 10.1. The van der Waals surface area contributed by atoms with Gasteiger partial charge in [-0.2, -0.15) is 0 Å². The van der Waals surface area contributed by atoms with Crippen molar-refractivity contribution >= 4 is 28.2 Å². The first kappa shape index (κ1) is 10.6. The number of aromatic carboxylic acids is 1. The zero-order valence-electron chi connectivity index (χ0n) is 7.15.